The number of aryl methyl sites for hydroxylation is 1. The molecule has 8 heteroatoms. The first-order valence-electron chi connectivity index (χ1n) is 12.6. The van der Waals surface area contributed by atoms with Crippen LogP contribution in [0.3, 0.4) is 0 Å². The summed E-state index contributed by atoms with van der Waals surface area (Å²) in [5, 5.41) is 17.8. The first kappa shape index (κ1) is 23.2. The summed E-state index contributed by atoms with van der Waals surface area (Å²) in [5.41, 5.74) is 4.65. The first-order chi connectivity index (χ1) is 17.1. The molecule has 0 spiro atoms. The van der Waals surface area contributed by atoms with Gasteiger partial charge >= 0.3 is 0 Å². The van der Waals surface area contributed by atoms with Crippen molar-refractivity contribution in [3.05, 3.63) is 59.5 Å². The number of pyridine rings is 1. The van der Waals surface area contributed by atoms with E-state index in [9.17, 15) is 5.26 Å². The average Bonchev–Trinajstić information content (AvgIpc) is 3.38. The Morgan fingerprint density at radius 3 is 2.46 bits per heavy atom. The summed E-state index contributed by atoms with van der Waals surface area (Å²) in [7, 11) is 0. The van der Waals surface area contributed by atoms with Gasteiger partial charge in [-0.25, -0.2) is 4.98 Å². The molecule has 180 valence electrons. The van der Waals surface area contributed by atoms with E-state index in [0.717, 1.165) is 49.2 Å². The van der Waals surface area contributed by atoms with Crippen LogP contribution in [0.15, 0.2) is 42.7 Å². The van der Waals surface area contributed by atoms with Crippen LogP contribution in [0.2, 0.25) is 0 Å². The summed E-state index contributed by atoms with van der Waals surface area (Å²) in [5.74, 6) is 1.35. The predicted octanol–water partition coefficient (Wildman–Crippen LogP) is 4.68. The summed E-state index contributed by atoms with van der Waals surface area (Å²) in [6, 6.07) is 15.9. The zero-order chi connectivity index (χ0) is 24.5. The van der Waals surface area contributed by atoms with Gasteiger partial charge in [0.2, 0.25) is 0 Å². The van der Waals surface area contributed by atoms with Crippen LogP contribution in [0.25, 0.3) is 16.8 Å². The van der Waals surface area contributed by atoms with Crippen LogP contribution in [-0.4, -0.2) is 54.6 Å². The SMILES string of the molecule is CC[C@H]1CN([C@@H](CC)c2ccc(C)cc2)[C@H](CC)CN1c1nc2nncn2c2ccc(C#N)nc12. The molecule has 0 aliphatic carbocycles. The van der Waals surface area contributed by atoms with Crippen molar-refractivity contribution in [2.24, 2.45) is 0 Å². The van der Waals surface area contributed by atoms with E-state index in [1.54, 1.807) is 12.4 Å². The Hall–Kier alpha value is -3.57. The maximum absolute atomic E-state index is 9.51. The lowest BCUT2D eigenvalue weighted by Gasteiger charge is -2.49. The van der Waals surface area contributed by atoms with Gasteiger partial charge in [0, 0.05) is 31.2 Å². The van der Waals surface area contributed by atoms with Crippen LogP contribution in [-0.2, 0) is 0 Å². The van der Waals surface area contributed by atoms with Crippen molar-refractivity contribution < 1.29 is 0 Å². The van der Waals surface area contributed by atoms with E-state index in [0.29, 0.717) is 23.6 Å². The molecule has 4 heterocycles. The minimum atomic E-state index is 0.269. The molecule has 0 N–H and O–H groups in total. The monoisotopic (exact) mass is 468 g/mol. The number of benzene rings is 1. The summed E-state index contributed by atoms with van der Waals surface area (Å²) >= 11 is 0. The molecule has 0 radical (unpaired) electrons. The van der Waals surface area contributed by atoms with Crippen LogP contribution in [0.1, 0.15) is 62.9 Å². The van der Waals surface area contributed by atoms with Gasteiger partial charge in [-0.05, 0) is 43.9 Å². The molecule has 3 atom stereocenters. The molecule has 1 aromatic carbocycles. The number of fused-ring (bicyclic) bond motifs is 3. The van der Waals surface area contributed by atoms with Crippen molar-refractivity contribution in [1.29, 1.82) is 5.26 Å². The molecule has 4 aromatic rings. The fourth-order valence-corrected chi connectivity index (χ4v) is 5.47. The Bertz CT molecular complexity index is 1370. The quantitative estimate of drug-likeness (QED) is 0.406. The largest absolute Gasteiger partial charge is 0.349 e. The van der Waals surface area contributed by atoms with E-state index in [4.69, 9.17) is 4.98 Å². The van der Waals surface area contributed by atoms with Crippen LogP contribution in [0.4, 0.5) is 5.82 Å². The topological polar surface area (TPSA) is 86.2 Å². The molecule has 8 nitrogen and oxygen atoms in total. The van der Waals surface area contributed by atoms with Crippen molar-refractivity contribution in [2.75, 3.05) is 18.0 Å². The van der Waals surface area contributed by atoms with Crippen LogP contribution >= 0.6 is 0 Å². The maximum Gasteiger partial charge on any atom is 0.257 e. The van der Waals surface area contributed by atoms with Gasteiger partial charge in [-0.3, -0.25) is 9.30 Å². The molecule has 3 aromatic heterocycles. The molecule has 5 rings (SSSR count). The second-order valence-electron chi connectivity index (χ2n) is 9.42. The maximum atomic E-state index is 9.51. The second kappa shape index (κ2) is 9.59. The molecule has 0 saturated carbocycles. The molecule has 1 fully saturated rings. The lowest BCUT2D eigenvalue weighted by Crippen LogP contribution is -2.59. The lowest BCUT2D eigenvalue weighted by atomic mass is 9.94. The number of nitriles is 1. The fraction of sp³-hybridized carbons (Fsp3) is 0.444. The van der Waals surface area contributed by atoms with Gasteiger partial charge in [-0.1, -0.05) is 50.6 Å². The molecule has 0 amide bonds. The zero-order valence-electron chi connectivity index (χ0n) is 20.9. The minimum absolute atomic E-state index is 0.269. The Labute approximate surface area is 206 Å². The molecular weight excluding hydrogens is 436 g/mol. The van der Waals surface area contributed by atoms with Gasteiger partial charge in [0.15, 0.2) is 5.82 Å². The third-order valence-electron chi connectivity index (χ3n) is 7.40. The Morgan fingerprint density at radius 1 is 1.00 bits per heavy atom. The van der Waals surface area contributed by atoms with Crippen molar-refractivity contribution in [1.82, 2.24) is 29.5 Å². The Morgan fingerprint density at radius 2 is 1.77 bits per heavy atom. The highest BCUT2D eigenvalue weighted by Crippen LogP contribution is 2.35. The van der Waals surface area contributed by atoms with E-state index in [2.05, 4.69) is 83.0 Å². The lowest BCUT2D eigenvalue weighted by molar-refractivity contribution is 0.0896. The highest BCUT2D eigenvalue weighted by Gasteiger charge is 2.37. The predicted molar refractivity (Wildman–Crippen MR) is 137 cm³/mol. The standard InChI is InChI=1S/C27H32N8/c1-5-21-16-34(22(6-2)15-33(21)23(7-3)19-10-8-18(4)9-11-19)26-25-24(13-12-20(14-28)30-25)35-17-29-32-27(35)31-26/h8-13,17,21-23H,5-7,15-16H2,1-4H3/t21-,22+,23+/m1/s1. The Balaban J connectivity index is 1.58. The molecule has 1 saturated heterocycles. The van der Waals surface area contributed by atoms with Crippen molar-refractivity contribution in [2.45, 2.75) is 65.1 Å². The van der Waals surface area contributed by atoms with E-state index in [-0.39, 0.29) is 6.04 Å². The highest BCUT2D eigenvalue weighted by atomic mass is 15.4. The summed E-state index contributed by atoms with van der Waals surface area (Å²) in [6.45, 7) is 10.7. The van der Waals surface area contributed by atoms with Crippen molar-refractivity contribution in [3.8, 4) is 6.07 Å². The smallest absolute Gasteiger partial charge is 0.257 e. The summed E-state index contributed by atoms with van der Waals surface area (Å²) in [4.78, 5) is 14.7. The first-order valence-corrected chi connectivity index (χ1v) is 12.6. The number of hydrogen-bond donors (Lipinski definition) is 0. The van der Waals surface area contributed by atoms with Crippen LogP contribution in [0.5, 0.6) is 0 Å². The van der Waals surface area contributed by atoms with Crippen LogP contribution < -0.4 is 4.90 Å². The van der Waals surface area contributed by atoms with Gasteiger partial charge in [0.1, 0.15) is 23.6 Å². The number of anilines is 1. The molecule has 35 heavy (non-hydrogen) atoms. The zero-order valence-corrected chi connectivity index (χ0v) is 20.9. The average molecular weight is 469 g/mol. The fourth-order valence-electron chi connectivity index (χ4n) is 5.47. The normalized spacial score (nSPS) is 19.8. The number of hydrogen-bond acceptors (Lipinski definition) is 7. The van der Waals surface area contributed by atoms with E-state index >= 15 is 0 Å². The molecule has 0 bridgehead atoms. The van der Waals surface area contributed by atoms with E-state index < -0.39 is 0 Å². The van der Waals surface area contributed by atoms with Gasteiger partial charge in [-0.15, -0.1) is 10.2 Å². The number of aromatic nitrogens is 5. The third kappa shape index (κ3) is 4.10. The van der Waals surface area contributed by atoms with Crippen molar-refractivity contribution in [3.63, 3.8) is 0 Å². The molecule has 1 aliphatic heterocycles. The minimum Gasteiger partial charge on any atom is -0.349 e. The molecule has 0 unspecified atom stereocenters. The number of piperazine rings is 1. The van der Waals surface area contributed by atoms with Crippen LogP contribution in [0, 0.1) is 18.3 Å². The van der Waals surface area contributed by atoms with E-state index in [1.807, 2.05) is 10.5 Å². The summed E-state index contributed by atoms with van der Waals surface area (Å²) < 4.78 is 1.84. The highest BCUT2D eigenvalue weighted by molar-refractivity contribution is 5.88. The van der Waals surface area contributed by atoms with E-state index in [1.165, 1.54) is 11.1 Å². The molecule has 1 aliphatic rings. The molecular formula is C27H32N8. The van der Waals surface area contributed by atoms with Gasteiger partial charge in [-0.2, -0.15) is 10.2 Å². The van der Waals surface area contributed by atoms with Crippen molar-refractivity contribution >= 4 is 22.6 Å². The number of rotatable bonds is 6. The third-order valence-corrected chi connectivity index (χ3v) is 7.40. The Kier molecular flexibility index (Phi) is 6.35. The van der Waals surface area contributed by atoms with Gasteiger partial charge in [0.25, 0.3) is 5.78 Å². The van der Waals surface area contributed by atoms with Gasteiger partial charge in [0.05, 0.1) is 5.52 Å². The summed E-state index contributed by atoms with van der Waals surface area (Å²) in [6.07, 6.45) is 4.74. The second-order valence-corrected chi connectivity index (χ2v) is 9.42. The number of nitrogens with zero attached hydrogens (tertiary/aromatic N) is 8. The van der Waals surface area contributed by atoms with Gasteiger partial charge < -0.3 is 4.90 Å².